The van der Waals surface area contributed by atoms with Crippen molar-refractivity contribution in [3.63, 3.8) is 0 Å². The number of hydrogen-bond acceptors (Lipinski definition) is 3. The van der Waals surface area contributed by atoms with Crippen LogP contribution >= 0.6 is 0 Å². The van der Waals surface area contributed by atoms with Gasteiger partial charge in [-0.1, -0.05) is 26.0 Å². The Balaban J connectivity index is 2.21. The van der Waals surface area contributed by atoms with E-state index in [0.717, 1.165) is 29.7 Å². The quantitative estimate of drug-likeness (QED) is 0.876. The summed E-state index contributed by atoms with van der Waals surface area (Å²) in [6, 6.07) is 4.06. The summed E-state index contributed by atoms with van der Waals surface area (Å²) in [5, 5.41) is 3.13. The van der Waals surface area contributed by atoms with Crippen molar-refractivity contribution in [2.24, 2.45) is 11.1 Å². The molecule has 1 aliphatic rings. The molecule has 0 bridgehead atoms. The van der Waals surface area contributed by atoms with Crippen LogP contribution in [0.3, 0.4) is 0 Å². The van der Waals surface area contributed by atoms with Crippen molar-refractivity contribution < 1.29 is 9.53 Å². The smallest absolute Gasteiger partial charge is 0.228 e. The van der Waals surface area contributed by atoms with Gasteiger partial charge in [-0.25, -0.2) is 0 Å². The van der Waals surface area contributed by atoms with Gasteiger partial charge in [0, 0.05) is 12.1 Å². The number of carbonyl (C=O) groups is 1. The number of nitrogens with one attached hydrogen (secondary N) is 1. The Morgan fingerprint density at radius 2 is 2.05 bits per heavy atom. The third-order valence-electron chi connectivity index (χ3n) is 5.01. The highest BCUT2D eigenvalue weighted by Crippen LogP contribution is 2.37. The van der Waals surface area contributed by atoms with Gasteiger partial charge in [-0.2, -0.15) is 0 Å². The van der Waals surface area contributed by atoms with Crippen molar-refractivity contribution in [3.05, 3.63) is 28.8 Å². The van der Waals surface area contributed by atoms with E-state index >= 15 is 0 Å². The fraction of sp³-hybridized carbons (Fsp3) is 0.588. The van der Waals surface area contributed by atoms with Gasteiger partial charge in [0.2, 0.25) is 5.91 Å². The van der Waals surface area contributed by atoms with E-state index in [1.807, 2.05) is 13.8 Å². The summed E-state index contributed by atoms with van der Waals surface area (Å²) in [6.45, 7) is 9.03. The summed E-state index contributed by atoms with van der Waals surface area (Å²) >= 11 is 0. The zero-order valence-electron chi connectivity index (χ0n) is 13.5. The standard InChI is InChI=1S/C17H26N2O2/c1-5-17(6-2,10-18)16(20)19-14-9-21-15-12(4)11(3)7-8-13(14)15/h7-8,14H,5-6,9-10,18H2,1-4H3,(H,19,20). The van der Waals surface area contributed by atoms with Crippen molar-refractivity contribution in [1.29, 1.82) is 0 Å². The van der Waals surface area contributed by atoms with E-state index in [2.05, 4.69) is 31.3 Å². The fourth-order valence-corrected chi connectivity index (χ4v) is 2.92. The second-order valence-electron chi connectivity index (χ2n) is 5.95. The predicted molar refractivity (Wildman–Crippen MR) is 84.4 cm³/mol. The highest BCUT2D eigenvalue weighted by atomic mass is 16.5. The van der Waals surface area contributed by atoms with Crippen LogP contribution in [0, 0.1) is 19.3 Å². The molecule has 4 nitrogen and oxygen atoms in total. The maximum atomic E-state index is 12.6. The lowest BCUT2D eigenvalue weighted by molar-refractivity contribution is -0.131. The Labute approximate surface area is 127 Å². The van der Waals surface area contributed by atoms with Gasteiger partial charge >= 0.3 is 0 Å². The van der Waals surface area contributed by atoms with Crippen LogP contribution in [0.5, 0.6) is 5.75 Å². The van der Waals surface area contributed by atoms with Gasteiger partial charge in [0.05, 0.1) is 11.5 Å². The summed E-state index contributed by atoms with van der Waals surface area (Å²) in [7, 11) is 0. The zero-order valence-corrected chi connectivity index (χ0v) is 13.5. The first-order valence-corrected chi connectivity index (χ1v) is 7.73. The molecule has 0 saturated carbocycles. The predicted octanol–water partition coefficient (Wildman–Crippen LogP) is 2.62. The molecule has 1 amide bonds. The molecule has 1 aliphatic heterocycles. The Kier molecular flexibility index (Phi) is 4.57. The Morgan fingerprint density at radius 1 is 1.38 bits per heavy atom. The molecular weight excluding hydrogens is 264 g/mol. The summed E-state index contributed by atoms with van der Waals surface area (Å²) in [5.74, 6) is 0.960. The molecular formula is C17H26N2O2. The minimum atomic E-state index is -0.470. The first kappa shape index (κ1) is 15.8. The van der Waals surface area contributed by atoms with Crippen molar-refractivity contribution >= 4 is 5.91 Å². The lowest BCUT2D eigenvalue weighted by Crippen LogP contribution is -2.46. The molecule has 0 aromatic heterocycles. The van der Waals surface area contributed by atoms with Crippen LogP contribution in [0.1, 0.15) is 49.4 Å². The zero-order chi connectivity index (χ0) is 15.6. The highest BCUT2D eigenvalue weighted by molar-refractivity contribution is 5.83. The number of aryl methyl sites for hydroxylation is 1. The monoisotopic (exact) mass is 290 g/mol. The highest BCUT2D eigenvalue weighted by Gasteiger charge is 2.36. The van der Waals surface area contributed by atoms with Gasteiger partial charge in [-0.15, -0.1) is 0 Å². The molecule has 1 aromatic rings. The van der Waals surface area contributed by atoms with Crippen LogP contribution in [0.4, 0.5) is 0 Å². The minimum Gasteiger partial charge on any atom is -0.490 e. The van der Waals surface area contributed by atoms with Crippen LogP contribution in [0.25, 0.3) is 0 Å². The first-order valence-electron chi connectivity index (χ1n) is 7.73. The molecule has 0 radical (unpaired) electrons. The molecule has 21 heavy (non-hydrogen) atoms. The summed E-state index contributed by atoms with van der Waals surface area (Å²) < 4.78 is 5.79. The maximum Gasteiger partial charge on any atom is 0.228 e. The van der Waals surface area contributed by atoms with Gasteiger partial charge in [0.25, 0.3) is 0 Å². The van der Waals surface area contributed by atoms with Crippen molar-refractivity contribution in [2.45, 2.75) is 46.6 Å². The van der Waals surface area contributed by atoms with Crippen LogP contribution in [0.2, 0.25) is 0 Å². The average Bonchev–Trinajstić information content (AvgIpc) is 2.89. The number of rotatable bonds is 5. The molecule has 0 fully saturated rings. The average molecular weight is 290 g/mol. The summed E-state index contributed by atoms with van der Waals surface area (Å²) in [6.07, 6.45) is 1.50. The SMILES string of the molecule is CCC(CC)(CN)C(=O)NC1COc2c1ccc(C)c2C. The Bertz CT molecular complexity index is 528. The largest absolute Gasteiger partial charge is 0.490 e. The van der Waals surface area contributed by atoms with Crippen LogP contribution in [-0.4, -0.2) is 19.1 Å². The molecule has 0 spiro atoms. The second-order valence-corrected chi connectivity index (χ2v) is 5.95. The summed E-state index contributed by atoms with van der Waals surface area (Å²) in [5.41, 5.74) is 8.82. The van der Waals surface area contributed by atoms with Crippen molar-refractivity contribution in [3.8, 4) is 5.75 Å². The number of fused-ring (bicyclic) bond motifs is 1. The summed E-state index contributed by atoms with van der Waals surface area (Å²) in [4.78, 5) is 12.6. The molecule has 1 unspecified atom stereocenters. The van der Waals surface area contributed by atoms with E-state index in [-0.39, 0.29) is 11.9 Å². The number of nitrogens with two attached hydrogens (primary N) is 1. The first-order chi connectivity index (χ1) is 9.99. The number of hydrogen-bond donors (Lipinski definition) is 2. The van der Waals surface area contributed by atoms with Gasteiger partial charge in [-0.05, 0) is 37.8 Å². The second kappa shape index (κ2) is 6.06. The molecule has 4 heteroatoms. The van der Waals surface area contributed by atoms with Crippen LogP contribution < -0.4 is 15.8 Å². The van der Waals surface area contributed by atoms with Crippen molar-refractivity contribution in [2.75, 3.05) is 13.2 Å². The number of amides is 1. The third kappa shape index (κ3) is 2.64. The molecule has 3 N–H and O–H groups in total. The van der Waals surface area contributed by atoms with Gasteiger partial charge in [0.1, 0.15) is 12.4 Å². The molecule has 2 rings (SSSR count). The maximum absolute atomic E-state index is 12.6. The van der Waals surface area contributed by atoms with E-state index in [0.29, 0.717) is 13.2 Å². The molecule has 0 saturated heterocycles. The molecule has 1 heterocycles. The molecule has 1 aromatic carbocycles. The van der Waals surface area contributed by atoms with E-state index in [9.17, 15) is 4.79 Å². The van der Waals surface area contributed by atoms with E-state index in [4.69, 9.17) is 10.5 Å². The molecule has 116 valence electrons. The van der Waals surface area contributed by atoms with Crippen LogP contribution in [0.15, 0.2) is 12.1 Å². The normalized spacial score (nSPS) is 17.3. The van der Waals surface area contributed by atoms with E-state index in [1.165, 1.54) is 5.56 Å². The Hall–Kier alpha value is -1.55. The lowest BCUT2D eigenvalue weighted by atomic mass is 9.81. The number of benzene rings is 1. The topological polar surface area (TPSA) is 64.4 Å². The van der Waals surface area contributed by atoms with Gasteiger partial charge in [0.15, 0.2) is 0 Å². The van der Waals surface area contributed by atoms with E-state index < -0.39 is 5.41 Å². The number of ether oxygens (including phenoxy) is 1. The Morgan fingerprint density at radius 3 is 2.62 bits per heavy atom. The minimum absolute atomic E-state index is 0.0367. The molecule has 1 atom stereocenters. The van der Waals surface area contributed by atoms with E-state index in [1.54, 1.807) is 0 Å². The third-order valence-corrected chi connectivity index (χ3v) is 5.01. The van der Waals surface area contributed by atoms with Gasteiger partial charge < -0.3 is 15.8 Å². The lowest BCUT2D eigenvalue weighted by Gasteiger charge is -2.30. The number of carbonyl (C=O) groups excluding carboxylic acids is 1. The molecule has 0 aliphatic carbocycles. The van der Waals surface area contributed by atoms with Gasteiger partial charge in [-0.3, -0.25) is 4.79 Å². The van der Waals surface area contributed by atoms with Crippen molar-refractivity contribution in [1.82, 2.24) is 5.32 Å². The fourth-order valence-electron chi connectivity index (χ4n) is 2.92. The van der Waals surface area contributed by atoms with Crippen LogP contribution in [-0.2, 0) is 4.79 Å².